The monoisotopic (exact) mass is 296 g/mol. The number of nitrogens with one attached hydrogen (secondary N) is 1. The standard InChI is InChI=1S/C12H9ClN2O3S/c13-10-4-3-9(19-10)11(16)15-8-5-6(14)1-2-7(8)12(17)18/h1-5H,14H2,(H,15,16)(H,17,18). The Kier molecular flexibility index (Phi) is 3.73. The van der Waals surface area contributed by atoms with Gasteiger partial charge in [-0.05, 0) is 30.3 Å². The first kappa shape index (κ1) is 13.4. The number of nitrogens with two attached hydrogens (primary N) is 1. The Morgan fingerprint density at radius 2 is 2.00 bits per heavy atom. The fourth-order valence-electron chi connectivity index (χ4n) is 1.47. The average molecular weight is 297 g/mol. The van der Waals surface area contributed by atoms with Crippen LogP contribution in [0, 0.1) is 0 Å². The third-order valence-electron chi connectivity index (χ3n) is 2.32. The number of carbonyl (C=O) groups excluding carboxylic acids is 1. The molecule has 7 heteroatoms. The molecular formula is C12H9ClN2O3S. The number of carboxylic acids is 1. The van der Waals surface area contributed by atoms with E-state index in [0.717, 1.165) is 11.3 Å². The molecule has 4 N–H and O–H groups in total. The molecule has 2 aromatic rings. The molecule has 2 rings (SSSR count). The first-order valence-electron chi connectivity index (χ1n) is 5.17. The van der Waals surface area contributed by atoms with Crippen LogP contribution >= 0.6 is 22.9 Å². The fraction of sp³-hybridized carbons (Fsp3) is 0. The van der Waals surface area contributed by atoms with Gasteiger partial charge in [0.1, 0.15) is 0 Å². The molecular weight excluding hydrogens is 288 g/mol. The van der Waals surface area contributed by atoms with Crippen LogP contribution in [0.25, 0.3) is 0 Å². The van der Waals surface area contributed by atoms with Gasteiger partial charge in [-0.25, -0.2) is 4.79 Å². The molecule has 0 atom stereocenters. The normalized spacial score (nSPS) is 10.2. The largest absolute Gasteiger partial charge is 0.478 e. The molecule has 98 valence electrons. The van der Waals surface area contributed by atoms with Crippen molar-refractivity contribution in [1.29, 1.82) is 0 Å². The number of rotatable bonds is 3. The number of halogens is 1. The number of benzene rings is 1. The van der Waals surface area contributed by atoms with E-state index in [0.29, 0.717) is 14.9 Å². The highest BCUT2D eigenvalue weighted by molar-refractivity contribution is 7.18. The third kappa shape index (κ3) is 3.04. The minimum atomic E-state index is -1.14. The lowest BCUT2D eigenvalue weighted by molar-refractivity contribution is 0.0698. The highest BCUT2D eigenvalue weighted by atomic mass is 35.5. The summed E-state index contributed by atoms with van der Waals surface area (Å²) in [6.07, 6.45) is 0. The van der Waals surface area contributed by atoms with Crippen LogP contribution in [0.2, 0.25) is 4.34 Å². The van der Waals surface area contributed by atoms with Crippen LogP contribution in [0.5, 0.6) is 0 Å². The SMILES string of the molecule is Nc1ccc(C(=O)O)c(NC(=O)c2ccc(Cl)s2)c1. The minimum Gasteiger partial charge on any atom is -0.478 e. The Labute approximate surface area is 117 Å². The van der Waals surface area contributed by atoms with Gasteiger partial charge < -0.3 is 16.2 Å². The molecule has 1 amide bonds. The van der Waals surface area contributed by atoms with Crippen LogP contribution in [0.1, 0.15) is 20.0 Å². The van der Waals surface area contributed by atoms with E-state index in [2.05, 4.69) is 5.32 Å². The molecule has 5 nitrogen and oxygen atoms in total. The number of carboxylic acid groups (broad SMARTS) is 1. The second-order valence-electron chi connectivity index (χ2n) is 3.67. The van der Waals surface area contributed by atoms with Gasteiger partial charge in [-0.15, -0.1) is 11.3 Å². The smallest absolute Gasteiger partial charge is 0.337 e. The molecule has 0 bridgehead atoms. The molecule has 0 unspecified atom stereocenters. The lowest BCUT2D eigenvalue weighted by Gasteiger charge is -2.08. The summed E-state index contributed by atoms with van der Waals surface area (Å²) in [5, 5.41) is 11.5. The van der Waals surface area contributed by atoms with Gasteiger partial charge in [0.15, 0.2) is 0 Å². The molecule has 0 spiro atoms. The molecule has 0 saturated carbocycles. The number of hydrogen-bond acceptors (Lipinski definition) is 4. The number of amides is 1. The maximum atomic E-state index is 11.9. The topological polar surface area (TPSA) is 92.4 Å². The zero-order chi connectivity index (χ0) is 14.0. The highest BCUT2D eigenvalue weighted by Gasteiger charge is 2.15. The van der Waals surface area contributed by atoms with E-state index in [1.54, 1.807) is 12.1 Å². The van der Waals surface area contributed by atoms with Crippen molar-refractivity contribution in [3.8, 4) is 0 Å². The van der Waals surface area contributed by atoms with Gasteiger partial charge in [0.25, 0.3) is 5.91 Å². The van der Waals surface area contributed by atoms with Gasteiger partial charge >= 0.3 is 5.97 Å². The van der Waals surface area contributed by atoms with Gasteiger partial charge in [0, 0.05) is 5.69 Å². The molecule has 19 heavy (non-hydrogen) atoms. The van der Waals surface area contributed by atoms with Crippen molar-refractivity contribution in [3.63, 3.8) is 0 Å². The average Bonchev–Trinajstić information content (AvgIpc) is 2.75. The fourth-order valence-corrected chi connectivity index (χ4v) is 2.41. The van der Waals surface area contributed by atoms with Crippen molar-refractivity contribution in [3.05, 3.63) is 45.1 Å². The van der Waals surface area contributed by atoms with Crippen LogP contribution < -0.4 is 11.1 Å². The summed E-state index contributed by atoms with van der Waals surface area (Å²) in [4.78, 5) is 23.4. The Hall–Kier alpha value is -2.05. The van der Waals surface area contributed by atoms with Crippen LogP contribution in [-0.4, -0.2) is 17.0 Å². The maximum absolute atomic E-state index is 11.9. The number of thiophene rings is 1. The maximum Gasteiger partial charge on any atom is 0.337 e. The van der Waals surface area contributed by atoms with Crippen molar-refractivity contribution in [2.24, 2.45) is 0 Å². The predicted molar refractivity (Wildman–Crippen MR) is 75.1 cm³/mol. The zero-order valence-corrected chi connectivity index (χ0v) is 11.1. The summed E-state index contributed by atoms with van der Waals surface area (Å²) in [5.41, 5.74) is 6.08. The molecule has 0 radical (unpaired) electrons. The Morgan fingerprint density at radius 1 is 1.26 bits per heavy atom. The van der Waals surface area contributed by atoms with Gasteiger partial charge in [0.05, 0.1) is 20.5 Å². The molecule has 0 aliphatic heterocycles. The lowest BCUT2D eigenvalue weighted by Crippen LogP contribution is -2.14. The lowest BCUT2D eigenvalue weighted by atomic mass is 10.1. The van der Waals surface area contributed by atoms with Crippen LogP contribution in [0.4, 0.5) is 11.4 Å². The number of hydrogen-bond donors (Lipinski definition) is 3. The summed E-state index contributed by atoms with van der Waals surface area (Å²) in [5.74, 6) is -1.57. The second-order valence-corrected chi connectivity index (χ2v) is 5.38. The van der Waals surface area contributed by atoms with E-state index >= 15 is 0 Å². The minimum absolute atomic E-state index is 0.0230. The van der Waals surface area contributed by atoms with Crippen molar-refractivity contribution in [1.82, 2.24) is 0 Å². The summed E-state index contributed by atoms with van der Waals surface area (Å²) < 4.78 is 0.483. The third-order valence-corrected chi connectivity index (χ3v) is 3.55. The summed E-state index contributed by atoms with van der Waals surface area (Å²) >= 11 is 6.85. The van der Waals surface area contributed by atoms with E-state index in [1.807, 2.05) is 0 Å². The zero-order valence-electron chi connectivity index (χ0n) is 9.51. The van der Waals surface area contributed by atoms with E-state index < -0.39 is 11.9 Å². The number of aromatic carboxylic acids is 1. The quantitative estimate of drug-likeness (QED) is 0.759. The summed E-state index contributed by atoms with van der Waals surface area (Å²) in [7, 11) is 0. The van der Waals surface area contributed by atoms with Gasteiger partial charge in [0.2, 0.25) is 0 Å². The first-order valence-corrected chi connectivity index (χ1v) is 6.36. The van der Waals surface area contributed by atoms with Crippen LogP contribution in [0.3, 0.4) is 0 Å². The number of carbonyl (C=O) groups is 2. The van der Waals surface area contributed by atoms with Gasteiger partial charge in [-0.3, -0.25) is 4.79 Å². The number of nitrogen functional groups attached to an aromatic ring is 1. The van der Waals surface area contributed by atoms with Crippen LogP contribution in [0.15, 0.2) is 30.3 Å². The van der Waals surface area contributed by atoms with Gasteiger partial charge in [-0.1, -0.05) is 11.6 Å². The van der Waals surface area contributed by atoms with Gasteiger partial charge in [-0.2, -0.15) is 0 Å². The predicted octanol–water partition coefficient (Wildman–Crippen LogP) is 2.93. The van der Waals surface area contributed by atoms with E-state index in [9.17, 15) is 9.59 Å². The van der Waals surface area contributed by atoms with E-state index in [4.69, 9.17) is 22.4 Å². The Bertz CT molecular complexity index is 654. The molecule has 0 saturated heterocycles. The van der Waals surface area contributed by atoms with Crippen LogP contribution in [-0.2, 0) is 0 Å². The molecule has 0 aliphatic carbocycles. The summed E-state index contributed by atoms with van der Waals surface area (Å²) in [6, 6.07) is 7.36. The van der Waals surface area contributed by atoms with E-state index in [1.165, 1.54) is 18.2 Å². The second kappa shape index (κ2) is 5.29. The molecule has 1 aromatic carbocycles. The Morgan fingerprint density at radius 3 is 2.58 bits per heavy atom. The molecule has 0 aliphatic rings. The summed E-state index contributed by atoms with van der Waals surface area (Å²) in [6.45, 7) is 0. The molecule has 1 aromatic heterocycles. The first-order chi connectivity index (χ1) is 8.97. The highest BCUT2D eigenvalue weighted by Crippen LogP contribution is 2.24. The molecule has 0 fully saturated rings. The molecule has 1 heterocycles. The van der Waals surface area contributed by atoms with Crippen molar-refractivity contribution >= 4 is 46.2 Å². The Balaban J connectivity index is 2.30. The van der Waals surface area contributed by atoms with Crippen molar-refractivity contribution in [2.75, 3.05) is 11.1 Å². The van der Waals surface area contributed by atoms with E-state index in [-0.39, 0.29) is 11.3 Å². The van der Waals surface area contributed by atoms with Crippen molar-refractivity contribution < 1.29 is 14.7 Å². The van der Waals surface area contributed by atoms with Crippen molar-refractivity contribution in [2.45, 2.75) is 0 Å². The number of anilines is 2.